The van der Waals surface area contributed by atoms with Gasteiger partial charge in [-0.15, -0.1) is 0 Å². The number of likely N-dealkylation sites (N-methyl/N-ethyl adjacent to an activating group) is 1. The molecule has 23 heavy (non-hydrogen) atoms. The van der Waals surface area contributed by atoms with Crippen molar-refractivity contribution >= 4 is 11.9 Å². The first-order valence-corrected chi connectivity index (χ1v) is 8.92. The van der Waals surface area contributed by atoms with Crippen LogP contribution in [-0.4, -0.2) is 59.8 Å². The van der Waals surface area contributed by atoms with E-state index in [1.807, 2.05) is 18.7 Å². The molecule has 132 valence electrons. The average Bonchev–Trinajstić information content (AvgIpc) is 2.49. The van der Waals surface area contributed by atoms with E-state index in [1.54, 1.807) is 0 Å². The Morgan fingerprint density at radius 1 is 1.13 bits per heavy atom. The van der Waals surface area contributed by atoms with Crippen LogP contribution in [-0.2, 0) is 14.3 Å². The minimum atomic E-state index is -0.749. The number of carboxylic acids is 1. The van der Waals surface area contributed by atoms with Crippen molar-refractivity contribution < 1.29 is 19.4 Å². The molecule has 2 aliphatic rings. The highest BCUT2D eigenvalue weighted by molar-refractivity contribution is 5.72. The van der Waals surface area contributed by atoms with E-state index in [4.69, 9.17) is 9.84 Å². The first kappa shape index (κ1) is 18.2. The second-order valence-corrected chi connectivity index (χ2v) is 6.75. The summed E-state index contributed by atoms with van der Waals surface area (Å²) in [6.45, 7) is 5.25. The molecule has 6 nitrogen and oxygen atoms in total. The van der Waals surface area contributed by atoms with Gasteiger partial charge >= 0.3 is 11.9 Å². The summed E-state index contributed by atoms with van der Waals surface area (Å²) in [4.78, 5) is 24.6. The van der Waals surface area contributed by atoms with Crippen LogP contribution in [0.3, 0.4) is 0 Å². The summed E-state index contributed by atoms with van der Waals surface area (Å²) in [6, 6.07) is 1.37. The van der Waals surface area contributed by atoms with Crippen molar-refractivity contribution in [1.82, 2.24) is 10.2 Å². The van der Waals surface area contributed by atoms with E-state index in [1.165, 1.54) is 0 Å². The van der Waals surface area contributed by atoms with Crippen LogP contribution in [0.1, 0.15) is 52.4 Å². The minimum Gasteiger partial charge on any atom is -0.480 e. The molecule has 0 amide bonds. The summed E-state index contributed by atoms with van der Waals surface area (Å²) in [5.74, 6) is -0.712. The molecule has 0 aliphatic heterocycles. The van der Waals surface area contributed by atoms with Gasteiger partial charge in [-0.2, -0.15) is 0 Å². The predicted octanol–water partition coefficient (Wildman–Crippen LogP) is 1.64. The smallest absolute Gasteiger partial charge is 0.317 e. The van der Waals surface area contributed by atoms with E-state index < -0.39 is 5.97 Å². The lowest BCUT2D eigenvalue weighted by molar-refractivity contribution is -0.149. The molecule has 2 aliphatic carbocycles. The Morgan fingerprint density at radius 2 is 1.78 bits per heavy atom. The van der Waals surface area contributed by atoms with Crippen molar-refractivity contribution in [2.24, 2.45) is 5.92 Å². The molecule has 0 aromatic carbocycles. The fraction of sp³-hybridized carbons (Fsp3) is 0.882. The molecular weight excluding hydrogens is 296 g/mol. The third-order valence-corrected chi connectivity index (χ3v) is 5.19. The fourth-order valence-corrected chi connectivity index (χ4v) is 3.78. The van der Waals surface area contributed by atoms with Gasteiger partial charge in [0.25, 0.3) is 0 Å². The molecule has 0 atom stereocenters. The third-order valence-electron chi connectivity index (χ3n) is 5.19. The van der Waals surface area contributed by atoms with Gasteiger partial charge in [-0.25, -0.2) is 0 Å². The molecule has 2 N–H and O–H groups in total. The zero-order chi connectivity index (χ0) is 16.8. The molecule has 0 aromatic rings. The molecule has 0 saturated heterocycles. The fourth-order valence-electron chi connectivity index (χ4n) is 3.78. The Morgan fingerprint density at radius 3 is 2.30 bits per heavy atom. The number of carboxylic acid groups (broad SMARTS) is 1. The summed E-state index contributed by atoms with van der Waals surface area (Å²) in [6.07, 6.45) is 5.92. The number of ether oxygens (including phenoxy) is 1. The lowest BCUT2D eigenvalue weighted by Gasteiger charge is -2.44. The van der Waals surface area contributed by atoms with Crippen LogP contribution in [0.25, 0.3) is 0 Å². The van der Waals surface area contributed by atoms with E-state index in [-0.39, 0.29) is 18.4 Å². The molecule has 0 spiro atoms. The second kappa shape index (κ2) is 8.64. The van der Waals surface area contributed by atoms with Gasteiger partial charge in [-0.3, -0.25) is 14.5 Å². The zero-order valence-electron chi connectivity index (χ0n) is 14.3. The SMILES string of the molecule is CCOC(=O)C1CCC(NC2CC(N(CC)CC(=O)O)C2)CC1. The highest BCUT2D eigenvalue weighted by Crippen LogP contribution is 2.30. The Bertz CT molecular complexity index is 401. The molecule has 0 bridgehead atoms. The maximum atomic E-state index is 11.7. The van der Waals surface area contributed by atoms with E-state index in [2.05, 4.69) is 5.32 Å². The van der Waals surface area contributed by atoms with Gasteiger partial charge in [0.2, 0.25) is 0 Å². The third kappa shape index (κ3) is 5.18. The lowest BCUT2D eigenvalue weighted by atomic mass is 9.81. The summed E-state index contributed by atoms with van der Waals surface area (Å²) in [7, 11) is 0. The van der Waals surface area contributed by atoms with Crippen LogP contribution in [0, 0.1) is 5.92 Å². The van der Waals surface area contributed by atoms with Crippen molar-refractivity contribution in [1.29, 1.82) is 0 Å². The van der Waals surface area contributed by atoms with Gasteiger partial charge in [0.1, 0.15) is 0 Å². The topological polar surface area (TPSA) is 78.9 Å². The number of nitrogens with zero attached hydrogens (tertiary/aromatic N) is 1. The minimum absolute atomic E-state index is 0.0399. The van der Waals surface area contributed by atoms with Gasteiger partial charge in [0.05, 0.1) is 19.1 Å². The normalized spacial score (nSPS) is 30.7. The van der Waals surface area contributed by atoms with Gasteiger partial charge in [-0.05, 0) is 52.0 Å². The summed E-state index contributed by atoms with van der Waals surface area (Å²) < 4.78 is 5.10. The molecule has 0 aromatic heterocycles. The summed E-state index contributed by atoms with van der Waals surface area (Å²) >= 11 is 0. The summed E-state index contributed by atoms with van der Waals surface area (Å²) in [5.41, 5.74) is 0. The predicted molar refractivity (Wildman–Crippen MR) is 87.2 cm³/mol. The number of hydrogen-bond acceptors (Lipinski definition) is 5. The van der Waals surface area contributed by atoms with E-state index in [0.29, 0.717) is 24.7 Å². The number of nitrogens with one attached hydrogen (secondary N) is 1. The number of rotatable bonds is 8. The molecular formula is C17H30N2O4. The van der Waals surface area contributed by atoms with Crippen LogP contribution < -0.4 is 5.32 Å². The maximum absolute atomic E-state index is 11.7. The summed E-state index contributed by atoms with van der Waals surface area (Å²) in [5, 5.41) is 12.6. The molecule has 0 radical (unpaired) electrons. The van der Waals surface area contributed by atoms with Gasteiger partial charge in [-0.1, -0.05) is 6.92 Å². The molecule has 0 heterocycles. The maximum Gasteiger partial charge on any atom is 0.317 e. The van der Waals surface area contributed by atoms with E-state index in [9.17, 15) is 9.59 Å². The molecule has 2 rings (SSSR count). The Hall–Kier alpha value is -1.14. The van der Waals surface area contributed by atoms with Gasteiger partial charge < -0.3 is 15.2 Å². The lowest BCUT2D eigenvalue weighted by Crippen LogP contribution is -2.56. The first-order chi connectivity index (χ1) is 11.0. The standard InChI is InChI=1S/C17H30N2O4/c1-3-19(11-16(20)21)15-9-14(10-15)18-13-7-5-12(6-8-13)17(22)23-4-2/h12-15,18H,3-11H2,1-2H3,(H,20,21). The second-order valence-electron chi connectivity index (χ2n) is 6.75. The van der Waals surface area contributed by atoms with Crippen molar-refractivity contribution in [3.63, 3.8) is 0 Å². The molecule has 2 saturated carbocycles. The van der Waals surface area contributed by atoms with Crippen molar-refractivity contribution in [3.8, 4) is 0 Å². The average molecular weight is 326 g/mol. The van der Waals surface area contributed by atoms with Crippen molar-refractivity contribution in [2.45, 2.75) is 70.5 Å². The van der Waals surface area contributed by atoms with Crippen LogP contribution in [0.5, 0.6) is 0 Å². The quantitative estimate of drug-likeness (QED) is 0.660. The van der Waals surface area contributed by atoms with Crippen LogP contribution in [0.15, 0.2) is 0 Å². The van der Waals surface area contributed by atoms with Crippen molar-refractivity contribution in [3.05, 3.63) is 0 Å². The monoisotopic (exact) mass is 326 g/mol. The Balaban J connectivity index is 1.65. The highest BCUT2D eigenvalue weighted by Gasteiger charge is 2.36. The van der Waals surface area contributed by atoms with E-state index in [0.717, 1.165) is 45.1 Å². The van der Waals surface area contributed by atoms with E-state index >= 15 is 0 Å². The van der Waals surface area contributed by atoms with Gasteiger partial charge in [0, 0.05) is 18.1 Å². The van der Waals surface area contributed by atoms with Crippen molar-refractivity contribution in [2.75, 3.05) is 19.7 Å². The van der Waals surface area contributed by atoms with Crippen LogP contribution >= 0.6 is 0 Å². The molecule has 6 heteroatoms. The first-order valence-electron chi connectivity index (χ1n) is 8.92. The van der Waals surface area contributed by atoms with Crippen LogP contribution in [0.4, 0.5) is 0 Å². The number of hydrogen-bond donors (Lipinski definition) is 2. The number of esters is 1. The molecule has 0 unspecified atom stereocenters. The molecule has 2 fully saturated rings. The number of aliphatic carboxylic acids is 1. The van der Waals surface area contributed by atoms with Crippen LogP contribution in [0.2, 0.25) is 0 Å². The largest absolute Gasteiger partial charge is 0.480 e. The number of carbonyl (C=O) groups excluding carboxylic acids is 1. The Kier molecular flexibility index (Phi) is 6.84. The Labute approximate surface area is 138 Å². The zero-order valence-corrected chi connectivity index (χ0v) is 14.3. The van der Waals surface area contributed by atoms with Gasteiger partial charge in [0.15, 0.2) is 0 Å². The number of carbonyl (C=O) groups is 2. The highest BCUT2D eigenvalue weighted by atomic mass is 16.5.